The molecule has 1 unspecified atom stereocenters. The second-order valence-electron chi connectivity index (χ2n) is 6.69. The minimum absolute atomic E-state index is 0.201. The van der Waals surface area contributed by atoms with Gasteiger partial charge in [-0.15, -0.1) is 0 Å². The highest BCUT2D eigenvalue weighted by molar-refractivity contribution is 6.16. The minimum Gasteiger partial charge on any atom is -0.462 e. The van der Waals surface area contributed by atoms with Crippen LogP contribution in [0, 0.1) is 5.92 Å². The van der Waals surface area contributed by atoms with Crippen LogP contribution in [0.4, 0.5) is 0 Å². The van der Waals surface area contributed by atoms with Crippen LogP contribution < -0.4 is 5.32 Å². The van der Waals surface area contributed by atoms with Crippen molar-refractivity contribution in [2.45, 2.75) is 46.1 Å². The number of ether oxygens (including phenoxy) is 1. The third-order valence-corrected chi connectivity index (χ3v) is 3.33. The van der Waals surface area contributed by atoms with E-state index in [-0.39, 0.29) is 11.4 Å². The van der Waals surface area contributed by atoms with E-state index in [9.17, 15) is 9.59 Å². The van der Waals surface area contributed by atoms with Crippen molar-refractivity contribution in [2.24, 2.45) is 5.92 Å². The average molecular weight is 305 g/mol. The Labute approximate surface area is 133 Å². The van der Waals surface area contributed by atoms with E-state index in [1.165, 1.54) is 25.9 Å². The van der Waals surface area contributed by atoms with Gasteiger partial charge in [-0.25, -0.2) is 0 Å². The molecule has 1 heterocycles. The number of piperidine rings is 1. The van der Waals surface area contributed by atoms with Crippen LogP contribution in [0.1, 0.15) is 56.5 Å². The molecule has 0 amide bonds. The maximum Gasteiger partial charge on any atom is 0.293 e. The zero-order valence-corrected chi connectivity index (χ0v) is 14.0. The fraction of sp³-hybridized carbons (Fsp3) is 0.556. The summed E-state index contributed by atoms with van der Waals surface area (Å²) in [5.41, 5.74) is 1.38. The maximum atomic E-state index is 10.7. The highest BCUT2D eigenvalue weighted by Crippen LogP contribution is 2.19. The SMILES string of the molecule is CC(C)(C)OC=O.CC1CCCNC1.O=C1c2cccc1c2. The Balaban J connectivity index is 0.000000166. The molecule has 1 aromatic rings. The van der Waals surface area contributed by atoms with E-state index in [0.717, 1.165) is 17.0 Å². The van der Waals surface area contributed by atoms with E-state index >= 15 is 0 Å². The van der Waals surface area contributed by atoms with E-state index in [1.54, 1.807) is 0 Å². The van der Waals surface area contributed by atoms with Crippen molar-refractivity contribution in [2.75, 3.05) is 13.1 Å². The predicted octanol–water partition coefficient (Wildman–Crippen LogP) is 3.19. The van der Waals surface area contributed by atoms with Gasteiger partial charge in [-0.2, -0.15) is 0 Å². The second kappa shape index (κ2) is 8.69. The highest BCUT2D eigenvalue weighted by atomic mass is 16.5. The summed E-state index contributed by atoms with van der Waals surface area (Å²) in [5, 5.41) is 3.33. The normalized spacial score (nSPS) is 18.7. The number of hydrogen-bond donors (Lipinski definition) is 1. The summed E-state index contributed by atoms with van der Waals surface area (Å²) in [6, 6.07) is 7.44. The number of hydrogen-bond acceptors (Lipinski definition) is 4. The summed E-state index contributed by atoms with van der Waals surface area (Å²) in [6.07, 6.45) is 2.80. The molecule has 3 aliphatic rings. The molecular weight excluding hydrogens is 278 g/mol. The van der Waals surface area contributed by atoms with E-state index in [0.29, 0.717) is 6.47 Å². The molecule has 1 atom stereocenters. The number of rotatable bonds is 1. The van der Waals surface area contributed by atoms with Gasteiger partial charge >= 0.3 is 0 Å². The molecule has 4 nitrogen and oxygen atoms in total. The van der Waals surface area contributed by atoms with Crippen LogP contribution in [0.15, 0.2) is 24.3 Å². The van der Waals surface area contributed by atoms with Crippen molar-refractivity contribution in [3.8, 4) is 0 Å². The lowest BCUT2D eigenvalue weighted by atomic mass is 9.92. The van der Waals surface area contributed by atoms with E-state index in [1.807, 2.05) is 45.0 Å². The van der Waals surface area contributed by atoms with Crippen molar-refractivity contribution in [3.05, 3.63) is 35.4 Å². The zero-order chi connectivity index (χ0) is 16.6. The molecule has 1 saturated heterocycles. The summed E-state index contributed by atoms with van der Waals surface area (Å²) < 4.78 is 4.55. The van der Waals surface area contributed by atoms with E-state index in [2.05, 4.69) is 17.0 Å². The first-order chi connectivity index (χ1) is 10.3. The third-order valence-electron chi connectivity index (χ3n) is 3.33. The lowest BCUT2D eigenvalue weighted by Crippen LogP contribution is -2.27. The summed E-state index contributed by atoms with van der Waals surface area (Å²) in [6.45, 7) is 10.7. The fourth-order valence-electron chi connectivity index (χ4n) is 2.06. The van der Waals surface area contributed by atoms with Gasteiger partial charge < -0.3 is 10.1 Å². The summed E-state index contributed by atoms with van der Waals surface area (Å²) in [7, 11) is 0. The number of fused-ring (bicyclic) bond motifs is 2. The lowest BCUT2D eigenvalue weighted by Gasteiger charge is -2.17. The summed E-state index contributed by atoms with van der Waals surface area (Å²) >= 11 is 0. The minimum atomic E-state index is -0.318. The van der Waals surface area contributed by atoms with Crippen molar-refractivity contribution in [1.29, 1.82) is 0 Å². The molecule has 0 saturated carbocycles. The van der Waals surface area contributed by atoms with Crippen molar-refractivity contribution in [1.82, 2.24) is 5.32 Å². The van der Waals surface area contributed by atoms with Crippen LogP contribution in [0.3, 0.4) is 0 Å². The Morgan fingerprint density at radius 1 is 1.27 bits per heavy atom. The number of benzene rings is 1. The predicted molar refractivity (Wildman–Crippen MR) is 88.0 cm³/mol. The fourth-order valence-corrected chi connectivity index (χ4v) is 2.06. The molecule has 2 aliphatic carbocycles. The Bertz CT molecular complexity index is 457. The number of ketones is 1. The lowest BCUT2D eigenvalue weighted by molar-refractivity contribution is -0.138. The highest BCUT2D eigenvalue weighted by Gasteiger charge is 2.17. The van der Waals surface area contributed by atoms with Crippen molar-refractivity contribution < 1.29 is 14.3 Å². The van der Waals surface area contributed by atoms with Crippen LogP contribution in [-0.2, 0) is 9.53 Å². The monoisotopic (exact) mass is 305 g/mol. The van der Waals surface area contributed by atoms with Gasteiger partial charge in [0.05, 0.1) is 0 Å². The van der Waals surface area contributed by atoms with Crippen LogP contribution in [-0.4, -0.2) is 30.9 Å². The van der Waals surface area contributed by atoms with Crippen LogP contribution in [0.5, 0.6) is 0 Å². The van der Waals surface area contributed by atoms with Crippen LogP contribution in [0.2, 0.25) is 0 Å². The van der Waals surface area contributed by atoms with E-state index in [4.69, 9.17) is 0 Å². The van der Waals surface area contributed by atoms with Gasteiger partial charge in [0.1, 0.15) is 5.60 Å². The molecule has 0 aromatic heterocycles. The van der Waals surface area contributed by atoms with Gasteiger partial charge in [0, 0.05) is 11.1 Å². The maximum absolute atomic E-state index is 10.7. The second-order valence-corrected chi connectivity index (χ2v) is 6.69. The Kier molecular flexibility index (Phi) is 7.25. The number of carbonyl (C=O) groups is 2. The van der Waals surface area contributed by atoms with Crippen molar-refractivity contribution >= 4 is 12.3 Å². The number of nitrogens with one attached hydrogen (secondary N) is 1. The summed E-state index contributed by atoms with van der Waals surface area (Å²) in [4.78, 5) is 20.3. The molecular formula is C18H27NO3. The van der Waals surface area contributed by atoms with Crippen molar-refractivity contribution in [3.63, 3.8) is 0 Å². The van der Waals surface area contributed by atoms with Gasteiger partial charge in [-0.05, 0) is 58.7 Å². The first kappa shape index (κ1) is 18.4. The van der Waals surface area contributed by atoms with Gasteiger partial charge in [-0.1, -0.05) is 25.1 Å². The topological polar surface area (TPSA) is 55.4 Å². The Hall–Kier alpha value is -1.68. The third kappa shape index (κ3) is 6.85. The van der Waals surface area contributed by atoms with Gasteiger partial charge in [0.15, 0.2) is 5.78 Å². The molecule has 0 spiro atoms. The molecule has 122 valence electrons. The zero-order valence-electron chi connectivity index (χ0n) is 14.0. The molecule has 0 radical (unpaired) electrons. The Morgan fingerprint density at radius 2 is 1.91 bits per heavy atom. The quantitative estimate of drug-likeness (QED) is 0.822. The van der Waals surface area contributed by atoms with Crippen LogP contribution >= 0.6 is 0 Å². The van der Waals surface area contributed by atoms with Gasteiger partial charge in [-0.3, -0.25) is 9.59 Å². The molecule has 1 fully saturated rings. The first-order valence-corrected chi connectivity index (χ1v) is 7.80. The number of carbonyl (C=O) groups excluding carboxylic acids is 2. The van der Waals surface area contributed by atoms with E-state index < -0.39 is 0 Å². The van der Waals surface area contributed by atoms with Gasteiger partial charge in [0.25, 0.3) is 6.47 Å². The average Bonchev–Trinajstić information content (AvgIpc) is 2.48. The molecule has 1 aromatic carbocycles. The van der Waals surface area contributed by atoms with Gasteiger partial charge in [0.2, 0.25) is 0 Å². The molecule has 1 N–H and O–H groups in total. The summed E-state index contributed by atoms with van der Waals surface area (Å²) in [5.74, 6) is 1.13. The Morgan fingerprint density at radius 3 is 2.09 bits per heavy atom. The first-order valence-electron chi connectivity index (χ1n) is 7.80. The molecule has 22 heavy (non-hydrogen) atoms. The van der Waals surface area contributed by atoms with Crippen LogP contribution in [0.25, 0.3) is 0 Å². The molecule has 2 bridgehead atoms. The standard InChI is InChI=1S/C7H4O.C6H13N.C5H10O2/c8-7-5-2-1-3-6(7)4-5;1-6-3-2-4-7-5-6;1-5(2,3)7-4-6/h1-4H;6-7H,2-5H2,1H3;4H,1-3H3. The molecule has 4 rings (SSSR count). The molecule has 4 heteroatoms. The largest absolute Gasteiger partial charge is 0.462 e. The smallest absolute Gasteiger partial charge is 0.293 e. The molecule has 1 aliphatic heterocycles.